The van der Waals surface area contributed by atoms with Gasteiger partial charge in [-0.25, -0.2) is 9.78 Å². The first-order chi connectivity index (χ1) is 15.1. The lowest BCUT2D eigenvalue weighted by molar-refractivity contribution is 0.0944. The zero-order valence-corrected chi connectivity index (χ0v) is 19.0. The monoisotopic (exact) mass is 450 g/mol. The van der Waals surface area contributed by atoms with E-state index in [0.29, 0.717) is 61.4 Å². The van der Waals surface area contributed by atoms with Gasteiger partial charge in [0, 0.05) is 57.7 Å². The second kappa shape index (κ2) is 13.6. The molecule has 0 radical (unpaired) electrons. The van der Waals surface area contributed by atoms with Gasteiger partial charge in [-0.3, -0.25) is 4.79 Å². The molecule has 170 valence electrons. The fraction of sp³-hybridized carbons (Fsp3) is 0.476. The van der Waals surface area contributed by atoms with Crippen LogP contribution in [0.1, 0.15) is 28.3 Å². The van der Waals surface area contributed by atoms with Crippen molar-refractivity contribution in [2.45, 2.75) is 19.4 Å². The van der Waals surface area contributed by atoms with Gasteiger partial charge in [-0.1, -0.05) is 6.07 Å². The second-order valence-corrected chi connectivity index (χ2v) is 7.60. The minimum Gasteiger partial charge on any atom is -0.497 e. The molecule has 2 rings (SSSR count). The maximum atomic E-state index is 12.9. The molecule has 1 heterocycles. The van der Waals surface area contributed by atoms with Crippen LogP contribution in [0.5, 0.6) is 5.75 Å². The van der Waals surface area contributed by atoms with Crippen LogP contribution < -0.4 is 15.4 Å². The normalized spacial score (nSPS) is 10.5. The van der Waals surface area contributed by atoms with E-state index in [4.69, 9.17) is 14.2 Å². The fourth-order valence-corrected chi connectivity index (χ4v) is 3.50. The highest BCUT2D eigenvalue weighted by Gasteiger charge is 2.18. The molecule has 2 N–H and O–H groups in total. The minimum absolute atomic E-state index is 0.231. The molecule has 0 aliphatic rings. The molecule has 0 fully saturated rings. The summed E-state index contributed by atoms with van der Waals surface area (Å²) in [5.74, 6) is 0.426. The molecule has 10 heteroatoms. The number of hydrogen-bond donors (Lipinski definition) is 2. The number of urea groups is 1. The van der Waals surface area contributed by atoms with E-state index in [9.17, 15) is 9.59 Å². The smallest absolute Gasteiger partial charge is 0.322 e. The highest BCUT2D eigenvalue weighted by Crippen LogP contribution is 2.18. The number of nitrogens with one attached hydrogen (secondary N) is 2. The number of amides is 3. The fourth-order valence-electron chi connectivity index (χ4n) is 2.72. The molecule has 3 amide bonds. The van der Waals surface area contributed by atoms with E-state index in [2.05, 4.69) is 15.6 Å². The molecule has 31 heavy (non-hydrogen) atoms. The summed E-state index contributed by atoms with van der Waals surface area (Å²) in [5.41, 5.74) is 0.985. The maximum absolute atomic E-state index is 12.9. The van der Waals surface area contributed by atoms with Crippen molar-refractivity contribution in [3.63, 3.8) is 0 Å². The third kappa shape index (κ3) is 8.52. The van der Waals surface area contributed by atoms with Crippen LogP contribution in [0.3, 0.4) is 0 Å². The molecule has 9 nitrogen and oxygen atoms in total. The first-order valence-corrected chi connectivity index (χ1v) is 10.9. The van der Waals surface area contributed by atoms with Crippen molar-refractivity contribution in [2.75, 3.05) is 52.9 Å². The van der Waals surface area contributed by atoms with Gasteiger partial charge in [-0.05, 0) is 25.0 Å². The Labute approximate surface area is 186 Å². The van der Waals surface area contributed by atoms with Gasteiger partial charge in [0.15, 0.2) is 0 Å². The third-order valence-corrected chi connectivity index (χ3v) is 5.14. The van der Waals surface area contributed by atoms with Gasteiger partial charge >= 0.3 is 6.03 Å². The lowest BCUT2D eigenvalue weighted by Gasteiger charge is -2.22. The van der Waals surface area contributed by atoms with Crippen LogP contribution in [-0.4, -0.2) is 69.5 Å². The van der Waals surface area contributed by atoms with Crippen LogP contribution in [-0.2, 0) is 16.0 Å². The highest BCUT2D eigenvalue weighted by atomic mass is 32.1. The molecule has 0 saturated carbocycles. The van der Waals surface area contributed by atoms with Gasteiger partial charge in [0.05, 0.1) is 13.7 Å². The SMILES string of the molecule is COCCCNC(=O)c1csc(CN(CCCOC)C(=O)Nc2cccc(OC)c2)n1. The number of benzene rings is 1. The molecule has 0 aliphatic heterocycles. The van der Waals surface area contributed by atoms with E-state index < -0.39 is 0 Å². The van der Waals surface area contributed by atoms with Crippen molar-refractivity contribution in [3.8, 4) is 5.75 Å². The summed E-state index contributed by atoms with van der Waals surface area (Å²) in [6, 6.07) is 6.90. The zero-order chi connectivity index (χ0) is 22.5. The number of thiazole rings is 1. The van der Waals surface area contributed by atoms with Crippen molar-refractivity contribution in [2.24, 2.45) is 0 Å². The molecular formula is C21H30N4O5S. The van der Waals surface area contributed by atoms with Gasteiger partial charge in [-0.15, -0.1) is 11.3 Å². The quantitative estimate of drug-likeness (QED) is 0.455. The summed E-state index contributed by atoms with van der Waals surface area (Å²) in [6.45, 7) is 2.42. The molecule has 1 aromatic heterocycles. The second-order valence-electron chi connectivity index (χ2n) is 6.66. The van der Waals surface area contributed by atoms with Crippen molar-refractivity contribution in [1.82, 2.24) is 15.2 Å². The molecule has 0 spiro atoms. The summed E-state index contributed by atoms with van der Waals surface area (Å²) in [5, 5.41) is 8.08. The number of hydrogen-bond acceptors (Lipinski definition) is 7. The lowest BCUT2D eigenvalue weighted by Crippen LogP contribution is -2.35. The number of anilines is 1. The molecule has 1 aromatic carbocycles. The van der Waals surface area contributed by atoms with Gasteiger partial charge in [0.2, 0.25) is 0 Å². The van der Waals surface area contributed by atoms with Crippen LogP contribution >= 0.6 is 11.3 Å². The zero-order valence-electron chi connectivity index (χ0n) is 18.2. The molecule has 2 aromatic rings. The molecule has 0 bridgehead atoms. The van der Waals surface area contributed by atoms with Crippen molar-refractivity contribution in [3.05, 3.63) is 40.3 Å². The average molecular weight is 451 g/mol. The summed E-state index contributed by atoms with van der Waals surface area (Å²) in [7, 11) is 4.82. The predicted molar refractivity (Wildman–Crippen MR) is 120 cm³/mol. The van der Waals surface area contributed by atoms with E-state index in [1.54, 1.807) is 43.7 Å². The van der Waals surface area contributed by atoms with Crippen LogP contribution in [0.25, 0.3) is 0 Å². The Morgan fingerprint density at radius 3 is 2.65 bits per heavy atom. The van der Waals surface area contributed by atoms with Crippen molar-refractivity contribution < 1.29 is 23.8 Å². The standard InChI is InChI=1S/C21H30N4O5S/c1-28-11-5-9-22-20(26)18-15-31-19(24-18)14-25(10-6-12-29-2)21(27)23-16-7-4-8-17(13-16)30-3/h4,7-8,13,15H,5-6,9-12,14H2,1-3H3,(H,22,26)(H,23,27). The van der Waals surface area contributed by atoms with E-state index >= 15 is 0 Å². The van der Waals surface area contributed by atoms with Crippen LogP contribution in [0.15, 0.2) is 29.6 Å². The van der Waals surface area contributed by atoms with E-state index in [0.717, 1.165) is 6.42 Å². The first-order valence-electron chi connectivity index (χ1n) is 9.97. The van der Waals surface area contributed by atoms with Crippen LogP contribution in [0.2, 0.25) is 0 Å². The number of methoxy groups -OCH3 is 3. The van der Waals surface area contributed by atoms with Gasteiger partial charge in [0.25, 0.3) is 5.91 Å². The molecule has 0 aliphatic carbocycles. The number of rotatable bonds is 13. The van der Waals surface area contributed by atoms with Gasteiger partial charge in [0.1, 0.15) is 16.5 Å². The number of nitrogens with zero attached hydrogens (tertiary/aromatic N) is 2. The maximum Gasteiger partial charge on any atom is 0.322 e. The third-order valence-electron chi connectivity index (χ3n) is 4.31. The number of carbonyl (C=O) groups is 2. The number of carbonyl (C=O) groups excluding carboxylic acids is 2. The van der Waals surface area contributed by atoms with E-state index in [1.165, 1.54) is 11.3 Å². The van der Waals surface area contributed by atoms with E-state index in [1.807, 2.05) is 12.1 Å². The molecule has 0 atom stereocenters. The largest absolute Gasteiger partial charge is 0.497 e. The summed E-state index contributed by atoms with van der Waals surface area (Å²) in [6.07, 6.45) is 1.41. The Morgan fingerprint density at radius 2 is 1.90 bits per heavy atom. The highest BCUT2D eigenvalue weighted by molar-refractivity contribution is 7.09. The van der Waals surface area contributed by atoms with Crippen molar-refractivity contribution in [1.29, 1.82) is 0 Å². The Hall–Kier alpha value is -2.69. The average Bonchev–Trinajstić information content (AvgIpc) is 3.25. The number of ether oxygens (including phenoxy) is 3. The topological polar surface area (TPSA) is 102 Å². The number of aromatic nitrogens is 1. The Balaban J connectivity index is 2.00. The van der Waals surface area contributed by atoms with Crippen LogP contribution in [0.4, 0.5) is 10.5 Å². The molecule has 0 saturated heterocycles. The lowest BCUT2D eigenvalue weighted by atomic mass is 10.3. The molecular weight excluding hydrogens is 420 g/mol. The van der Waals surface area contributed by atoms with Crippen molar-refractivity contribution >= 4 is 29.0 Å². The van der Waals surface area contributed by atoms with Gasteiger partial charge < -0.3 is 29.7 Å². The summed E-state index contributed by atoms with van der Waals surface area (Å²) < 4.78 is 15.3. The van der Waals surface area contributed by atoms with E-state index in [-0.39, 0.29) is 11.9 Å². The summed E-state index contributed by atoms with van der Waals surface area (Å²) >= 11 is 1.35. The molecule has 0 unspecified atom stereocenters. The Bertz CT molecular complexity index is 830. The summed E-state index contributed by atoms with van der Waals surface area (Å²) in [4.78, 5) is 31.1. The predicted octanol–water partition coefficient (Wildman–Crippen LogP) is 2.99. The van der Waals surface area contributed by atoms with Gasteiger partial charge in [-0.2, -0.15) is 0 Å². The first kappa shape index (κ1) is 24.6. The minimum atomic E-state index is -0.259. The van der Waals surface area contributed by atoms with Crippen LogP contribution in [0, 0.1) is 0 Å². The Morgan fingerprint density at radius 1 is 1.13 bits per heavy atom. The Kier molecular flexibility index (Phi) is 10.8.